The highest BCUT2D eigenvalue weighted by Crippen LogP contribution is 2.25. The molecule has 0 aliphatic carbocycles. The lowest BCUT2D eigenvalue weighted by atomic mass is 9.97. The highest BCUT2D eigenvalue weighted by molar-refractivity contribution is 6.08. The van der Waals surface area contributed by atoms with Crippen LogP contribution in [0, 0.1) is 0 Å². The van der Waals surface area contributed by atoms with Gasteiger partial charge in [-0.25, -0.2) is 4.79 Å². The predicted molar refractivity (Wildman–Crippen MR) is 131 cm³/mol. The molecule has 1 unspecified atom stereocenters. The fourth-order valence-electron chi connectivity index (χ4n) is 3.07. The van der Waals surface area contributed by atoms with Gasteiger partial charge in [0, 0.05) is 12.6 Å². The van der Waals surface area contributed by atoms with Crippen molar-refractivity contribution in [3.05, 3.63) is 71.0 Å². The Kier molecular flexibility index (Phi) is 10.6. The standard InChI is InChI=1S/C26H33N3O5/c1-19(2)8-7-9-20(3)13-15-33-25(32)26(34-17-21-10-5-4-6-11-21)14-12-22(28-18-26)24(31)29-23(30)16-27/h4-6,8,10-13,18H,7,9,14-17,27H2,1-3H3,(H,29,30,31)/b20-13+. The van der Waals surface area contributed by atoms with Gasteiger partial charge in [0.15, 0.2) is 0 Å². The van der Waals surface area contributed by atoms with Crippen molar-refractivity contribution in [1.29, 1.82) is 0 Å². The Labute approximate surface area is 200 Å². The first-order valence-electron chi connectivity index (χ1n) is 11.2. The third-order valence-electron chi connectivity index (χ3n) is 5.10. The summed E-state index contributed by atoms with van der Waals surface area (Å²) >= 11 is 0. The molecule has 34 heavy (non-hydrogen) atoms. The molecule has 1 aromatic carbocycles. The lowest BCUT2D eigenvalue weighted by Crippen LogP contribution is -2.46. The van der Waals surface area contributed by atoms with Crippen molar-refractivity contribution < 1.29 is 23.9 Å². The van der Waals surface area contributed by atoms with Gasteiger partial charge in [-0.05, 0) is 51.3 Å². The van der Waals surface area contributed by atoms with E-state index in [0.29, 0.717) is 0 Å². The summed E-state index contributed by atoms with van der Waals surface area (Å²) in [4.78, 5) is 40.7. The summed E-state index contributed by atoms with van der Waals surface area (Å²) in [6, 6.07) is 9.39. The van der Waals surface area contributed by atoms with E-state index in [1.807, 2.05) is 43.3 Å². The maximum absolute atomic E-state index is 13.0. The minimum Gasteiger partial charge on any atom is -0.459 e. The van der Waals surface area contributed by atoms with Crippen LogP contribution < -0.4 is 11.1 Å². The third-order valence-corrected chi connectivity index (χ3v) is 5.10. The Morgan fingerprint density at radius 1 is 1.15 bits per heavy atom. The Hall–Kier alpha value is -3.36. The molecular weight excluding hydrogens is 434 g/mol. The van der Waals surface area contributed by atoms with Gasteiger partial charge in [0.2, 0.25) is 11.5 Å². The van der Waals surface area contributed by atoms with E-state index >= 15 is 0 Å². The Morgan fingerprint density at radius 2 is 1.88 bits per heavy atom. The van der Waals surface area contributed by atoms with Crippen molar-refractivity contribution >= 4 is 24.0 Å². The summed E-state index contributed by atoms with van der Waals surface area (Å²) in [6.07, 6.45) is 8.59. The number of benzene rings is 1. The largest absolute Gasteiger partial charge is 0.459 e. The molecule has 0 saturated carbocycles. The molecule has 3 N–H and O–H groups in total. The highest BCUT2D eigenvalue weighted by Gasteiger charge is 2.41. The van der Waals surface area contributed by atoms with Crippen molar-refractivity contribution in [3.8, 4) is 0 Å². The molecule has 1 atom stereocenters. The highest BCUT2D eigenvalue weighted by atomic mass is 16.6. The second-order valence-corrected chi connectivity index (χ2v) is 8.27. The number of rotatable bonds is 11. The van der Waals surface area contributed by atoms with E-state index in [0.717, 1.165) is 24.0 Å². The fourth-order valence-corrected chi connectivity index (χ4v) is 3.07. The van der Waals surface area contributed by atoms with Crippen LogP contribution in [0.15, 0.2) is 70.4 Å². The summed E-state index contributed by atoms with van der Waals surface area (Å²) in [7, 11) is 0. The molecule has 0 fully saturated rings. The lowest BCUT2D eigenvalue weighted by molar-refractivity contribution is -0.163. The number of ether oxygens (including phenoxy) is 2. The number of carbonyl (C=O) groups is 3. The maximum atomic E-state index is 13.0. The Balaban J connectivity index is 2.08. The molecule has 8 nitrogen and oxygen atoms in total. The molecule has 1 aliphatic heterocycles. The summed E-state index contributed by atoms with van der Waals surface area (Å²) in [5, 5.41) is 2.13. The summed E-state index contributed by atoms with van der Waals surface area (Å²) in [5.41, 5.74) is 7.00. The Morgan fingerprint density at radius 3 is 2.50 bits per heavy atom. The number of hydrogen-bond donors (Lipinski definition) is 2. The van der Waals surface area contributed by atoms with E-state index < -0.39 is 23.4 Å². The molecule has 2 amide bonds. The van der Waals surface area contributed by atoms with E-state index in [1.54, 1.807) is 0 Å². The quantitative estimate of drug-likeness (QED) is 0.381. The second kappa shape index (κ2) is 13.4. The van der Waals surface area contributed by atoms with Crippen molar-refractivity contribution in [2.75, 3.05) is 13.2 Å². The van der Waals surface area contributed by atoms with Gasteiger partial charge in [0.05, 0.1) is 13.2 Å². The summed E-state index contributed by atoms with van der Waals surface area (Å²) < 4.78 is 11.5. The number of allylic oxidation sites excluding steroid dienone is 3. The van der Waals surface area contributed by atoms with Crippen LogP contribution >= 0.6 is 0 Å². The van der Waals surface area contributed by atoms with E-state index in [9.17, 15) is 14.4 Å². The van der Waals surface area contributed by atoms with Crippen molar-refractivity contribution in [2.24, 2.45) is 10.7 Å². The number of aliphatic imine (C=N–C) groups is 1. The third kappa shape index (κ3) is 8.53. The normalized spacial score (nSPS) is 17.5. The Bertz CT molecular complexity index is 991. The van der Waals surface area contributed by atoms with Crippen molar-refractivity contribution in [2.45, 2.75) is 52.2 Å². The topological polar surface area (TPSA) is 120 Å². The van der Waals surface area contributed by atoms with Crippen LogP contribution in [0.4, 0.5) is 0 Å². The molecule has 182 valence electrons. The molecule has 0 spiro atoms. The van der Waals surface area contributed by atoms with E-state index in [-0.39, 0.29) is 31.9 Å². The van der Waals surface area contributed by atoms with Crippen LogP contribution in [0.25, 0.3) is 0 Å². The van der Waals surface area contributed by atoms with Gasteiger partial charge < -0.3 is 15.2 Å². The van der Waals surface area contributed by atoms with Gasteiger partial charge in [-0.1, -0.05) is 47.6 Å². The minimum atomic E-state index is -1.48. The molecule has 1 heterocycles. The van der Waals surface area contributed by atoms with E-state index in [2.05, 4.69) is 30.2 Å². The van der Waals surface area contributed by atoms with E-state index in [4.69, 9.17) is 15.2 Å². The van der Waals surface area contributed by atoms with Crippen molar-refractivity contribution in [3.63, 3.8) is 0 Å². The number of hydrogen-bond acceptors (Lipinski definition) is 7. The molecule has 8 heteroatoms. The molecule has 1 aromatic rings. The smallest absolute Gasteiger partial charge is 0.344 e. The van der Waals surface area contributed by atoms with Gasteiger partial charge in [-0.3, -0.25) is 19.9 Å². The zero-order chi connectivity index (χ0) is 25.0. The van der Waals surface area contributed by atoms with Crippen LogP contribution in [0.5, 0.6) is 0 Å². The number of imide groups is 1. The molecular formula is C26H33N3O5. The van der Waals surface area contributed by atoms with Crippen LogP contribution in [-0.2, 0) is 30.5 Å². The zero-order valence-corrected chi connectivity index (χ0v) is 20.0. The lowest BCUT2D eigenvalue weighted by Gasteiger charge is -2.29. The summed E-state index contributed by atoms with van der Waals surface area (Å²) in [6.45, 7) is 6.04. The number of carbonyl (C=O) groups excluding carboxylic acids is 3. The van der Waals surface area contributed by atoms with Gasteiger partial charge in [-0.15, -0.1) is 0 Å². The monoisotopic (exact) mass is 467 g/mol. The number of nitrogens with zero attached hydrogens (tertiary/aromatic N) is 1. The van der Waals surface area contributed by atoms with Crippen LogP contribution in [-0.4, -0.2) is 42.8 Å². The first-order valence-corrected chi connectivity index (χ1v) is 11.2. The SMILES string of the molecule is CC(C)=CCC/C(C)=C/COC(=O)C1(OCc2ccccc2)C=NC(C(=O)NC(=O)CN)=CC1. The first-order chi connectivity index (χ1) is 16.3. The first kappa shape index (κ1) is 26.9. The van der Waals surface area contributed by atoms with Crippen molar-refractivity contribution in [1.82, 2.24) is 5.32 Å². The minimum absolute atomic E-state index is 0.00329. The van der Waals surface area contributed by atoms with Gasteiger partial charge in [-0.2, -0.15) is 0 Å². The molecule has 0 saturated heterocycles. The maximum Gasteiger partial charge on any atom is 0.344 e. The number of nitrogens with one attached hydrogen (secondary N) is 1. The second-order valence-electron chi connectivity index (χ2n) is 8.27. The van der Waals surface area contributed by atoms with E-state index in [1.165, 1.54) is 17.9 Å². The average Bonchev–Trinajstić information content (AvgIpc) is 2.83. The van der Waals surface area contributed by atoms with Crippen LogP contribution in [0.3, 0.4) is 0 Å². The summed E-state index contributed by atoms with van der Waals surface area (Å²) in [5.74, 6) is -1.91. The molecule has 2 rings (SSSR count). The number of esters is 1. The number of amides is 2. The zero-order valence-electron chi connectivity index (χ0n) is 20.0. The van der Waals surface area contributed by atoms with Gasteiger partial charge in [0.25, 0.3) is 5.91 Å². The molecule has 0 aromatic heterocycles. The molecule has 1 aliphatic rings. The average molecular weight is 468 g/mol. The van der Waals surface area contributed by atoms with Gasteiger partial charge in [0.1, 0.15) is 12.3 Å². The predicted octanol–water partition coefficient (Wildman–Crippen LogP) is 3.14. The fraction of sp³-hybridized carbons (Fsp3) is 0.385. The van der Waals surface area contributed by atoms with Crippen LogP contribution in [0.2, 0.25) is 0 Å². The number of nitrogens with two attached hydrogens (primary N) is 1. The van der Waals surface area contributed by atoms with Gasteiger partial charge >= 0.3 is 5.97 Å². The molecule has 0 radical (unpaired) electrons. The van der Waals surface area contributed by atoms with Crippen LogP contribution in [0.1, 0.15) is 45.6 Å². The molecule has 0 bridgehead atoms.